The Kier molecular flexibility index (Phi) is 4.52. The molecule has 0 unspecified atom stereocenters. The van der Waals surface area contributed by atoms with Crippen molar-refractivity contribution in [1.82, 2.24) is 15.3 Å². The number of aromatic nitrogens is 2. The molecule has 2 aromatic rings. The fraction of sp³-hybridized carbons (Fsp3) is 0.353. The first-order valence-electron chi connectivity index (χ1n) is 7.67. The van der Waals surface area contributed by atoms with Gasteiger partial charge in [-0.15, -0.1) is 0 Å². The van der Waals surface area contributed by atoms with Crippen molar-refractivity contribution in [3.05, 3.63) is 47.4 Å². The molecule has 1 aromatic heterocycles. The monoisotopic (exact) mass is 312 g/mol. The molecule has 0 aliphatic carbocycles. The Morgan fingerprint density at radius 1 is 1.35 bits per heavy atom. The molecule has 1 aromatic carbocycles. The van der Waals surface area contributed by atoms with Crippen molar-refractivity contribution in [2.45, 2.75) is 13.3 Å². The highest BCUT2D eigenvalue weighted by atomic mass is 16.5. The molecule has 0 bridgehead atoms. The highest BCUT2D eigenvalue weighted by Crippen LogP contribution is 2.33. The second kappa shape index (κ2) is 6.75. The first-order valence-corrected chi connectivity index (χ1v) is 7.67. The molecule has 120 valence electrons. The first-order chi connectivity index (χ1) is 11.2. The highest BCUT2D eigenvalue weighted by molar-refractivity contribution is 5.93. The SMILES string of the molecule is COCCNC(=O)c1cc(N2CCc3ccccc32)nc(C)n1. The summed E-state index contributed by atoms with van der Waals surface area (Å²) < 4.78 is 4.94. The standard InChI is InChI=1S/C17H20N4O2/c1-12-19-14(17(22)18-8-10-23-2)11-16(20-12)21-9-7-13-5-3-4-6-15(13)21/h3-6,11H,7-10H2,1-2H3,(H,18,22). The van der Waals surface area contributed by atoms with Crippen molar-refractivity contribution in [2.24, 2.45) is 0 Å². The molecule has 6 heteroatoms. The van der Waals surface area contributed by atoms with Gasteiger partial charge < -0.3 is 15.0 Å². The van der Waals surface area contributed by atoms with Crippen molar-refractivity contribution in [3.8, 4) is 0 Å². The second-order valence-electron chi connectivity index (χ2n) is 5.44. The number of rotatable bonds is 5. The third-order valence-electron chi connectivity index (χ3n) is 3.81. The van der Waals surface area contributed by atoms with Crippen LogP contribution >= 0.6 is 0 Å². The van der Waals surface area contributed by atoms with Gasteiger partial charge in [0.25, 0.3) is 5.91 Å². The normalized spacial score (nSPS) is 13.0. The lowest BCUT2D eigenvalue weighted by molar-refractivity contribution is 0.0931. The molecular formula is C17H20N4O2. The smallest absolute Gasteiger partial charge is 0.270 e. The van der Waals surface area contributed by atoms with Crippen LogP contribution in [-0.2, 0) is 11.2 Å². The molecule has 0 fully saturated rings. The number of carbonyl (C=O) groups excluding carboxylic acids is 1. The van der Waals surface area contributed by atoms with Gasteiger partial charge in [0.1, 0.15) is 17.3 Å². The van der Waals surface area contributed by atoms with E-state index in [9.17, 15) is 4.79 Å². The van der Waals surface area contributed by atoms with Crippen LogP contribution in [0.1, 0.15) is 21.9 Å². The Labute approximate surface area is 135 Å². The molecular weight excluding hydrogens is 292 g/mol. The summed E-state index contributed by atoms with van der Waals surface area (Å²) in [6.07, 6.45) is 0.981. The lowest BCUT2D eigenvalue weighted by Crippen LogP contribution is -2.28. The van der Waals surface area contributed by atoms with Crippen LogP contribution in [0.2, 0.25) is 0 Å². The van der Waals surface area contributed by atoms with Gasteiger partial charge in [-0.2, -0.15) is 0 Å². The van der Waals surface area contributed by atoms with E-state index in [2.05, 4.69) is 32.3 Å². The van der Waals surface area contributed by atoms with E-state index in [1.807, 2.05) is 12.1 Å². The number of methoxy groups -OCH3 is 1. The number of benzene rings is 1. The molecule has 1 aliphatic rings. The number of aryl methyl sites for hydroxylation is 1. The minimum absolute atomic E-state index is 0.207. The summed E-state index contributed by atoms with van der Waals surface area (Å²) in [4.78, 5) is 23.1. The maximum atomic E-state index is 12.2. The maximum absolute atomic E-state index is 12.2. The van der Waals surface area contributed by atoms with E-state index >= 15 is 0 Å². The van der Waals surface area contributed by atoms with Crippen molar-refractivity contribution >= 4 is 17.4 Å². The van der Waals surface area contributed by atoms with Crippen molar-refractivity contribution in [2.75, 3.05) is 31.7 Å². The van der Waals surface area contributed by atoms with E-state index in [1.54, 1.807) is 20.1 Å². The number of nitrogens with one attached hydrogen (secondary N) is 1. The molecule has 0 atom stereocenters. The number of amides is 1. The Balaban J connectivity index is 1.85. The molecule has 0 spiro atoms. The Morgan fingerprint density at radius 2 is 2.17 bits per heavy atom. The average Bonchev–Trinajstić information content (AvgIpc) is 2.98. The summed E-state index contributed by atoms with van der Waals surface area (Å²) in [5.41, 5.74) is 2.83. The molecule has 3 rings (SSSR count). The largest absolute Gasteiger partial charge is 0.383 e. The van der Waals surface area contributed by atoms with Gasteiger partial charge in [-0.1, -0.05) is 18.2 Å². The van der Waals surface area contributed by atoms with E-state index < -0.39 is 0 Å². The van der Waals surface area contributed by atoms with Crippen LogP contribution in [0.3, 0.4) is 0 Å². The van der Waals surface area contributed by atoms with Gasteiger partial charge in [-0.05, 0) is 25.0 Å². The molecule has 6 nitrogen and oxygen atoms in total. The molecule has 1 aliphatic heterocycles. The Bertz CT molecular complexity index is 717. The zero-order valence-corrected chi connectivity index (χ0v) is 13.4. The lowest BCUT2D eigenvalue weighted by Gasteiger charge is -2.19. The van der Waals surface area contributed by atoms with Gasteiger partial charge in [-0.3, -0.25) is 4.79 Å². The number of nitrogens with zero attached hydrogens (tertiary/aromatic N) is 3. The summed E-state index contributed by atoms with van der Waals surface area (Å²) >= 11 is 0. The fourth-order valence-electron chi connectivity index (χ4n) is 2.74. The topological polar surface area (TPSA) is 67.3 Å². The third-order valence-corrected chi connectivity index (χ3v) is 3.81. The predicted octanol–water partition coefficient (Wildman–Crippen LogP) is 1.86. The van der Waals surface area contributed by atoms with Gasteiger partial charge in [0.2, 0.25) is 0 Å². The summed E-state index contributed by atoms with van der Waals surface area (Å²) in [5.74, 6) is 1.14. The van der Waals surface area contributed by atoms with Gasteiger partial charge >= 0.3 is 0 Å². The third kappa shape index (κ3) is 3.32. The van der Waals surface area contributed by atoms with E-state index in [1.165, 1.54) is 5.56 Å². The van der Waals surface area contributed by atoms with Crippen molar-refractivity contribution in [3.63, 3.8) is 0 Å². The predicted molar refractivity (Wildman–Crippen MR) is 88.1 cm³/mol. The molecule has 0 saturated heterocycles. The first kappa shape index (κ1) is 15.4. The van der Waals surface area contributed by atoms with E-state index in [4.69, 9.17) is 4.74 Å². The number of ether oxygens (including phenoxy) is 1. The molecule has 2 heterocycles. The van der Waals surface area contributed by atoms with Crippen molar-refractivity contribution in [1.29, 1.82) is 0 Å². The number of hydrogen-bond acceptors (Lipinski definition) is 5. The maximum Gasteiger partial charge on any atom is 0.270 e. The summed E-state index contributed by atoms with van der Waals surface area (Å²) in [5, 5.41) is 2.79. The molecule has 0 radical (unpaired) electrons. The fourth-order valence-corrected chi connectivity index (χ4v) is 2.74. The van der Waals surface area contributed by atoms with Gasteiger partial charge in [0.15, 0.2) is 0 Å². The van der Waals surface area contributed by atoms with Crippen molar-refractivity contribution < 1.29 is 9.53 Å². The van der Waals surface area contributed by atoms with Gasteiger partial charge in [0.05, 0.1) is 6.61 Å². The van der Waals surface area contributed by atoms with Crippen LogP contribution in [0.5, 0.6) is 0 Å². The van der Waals surface area contributed by atoms with Crippen LogP contribution in [0, 0.1) is 6.92 Å². The van der Waals surface area contributed by atoms with E-state index in [-0.39, 0.29) is 5.91 Å². The Morgan fingerprint density at radius 3 is 3.00 bits per heavy atom. The molecule has 1 amide bonds. The molecule has 23 heavy (non-hydrogen) atoms. The highest BCUT2D eigenvalue weighted by Gasteiger charge is 2.22. The van der Waals surface area contributed by atoms with Gasteiger partial charge in [-0.25, -0.2) is 9.97 Å². The number of anilines is 2. The van der Waals surface area contributed by atoms with E-state index in [0.717, 1.165) is 24.5 Å². The summed E-state index contributed by atoms with van der Waals surface area (Å²) in [7, 11) is 1.60. The van der Waals surface area contributed by atoms with Crippen LogP contribution in [0.4, 0.5) is 11.5 Å². The zero-order valence-electron chi connectivity index (χ0n) is 13.4. The summed E-state index contributed by atoms with van der Waals surface area (Å²) in [6.45, 7) is 3.60. The van der Waals surface area contributed by atoms with Gasteiger partial charge in [0, 0.05) is 32.0 Å². The quantitative estimate of drug-likeness (QED) is 0.854. The second-order valence-corrected chi connectivity index (χ2v) is 5.44. The minimum atomic E-state index is -0.207. The Hall–Kier alpha value is -2.47. The van der Waals surface area contributed by atoms with Crippen LogP contribution < -0.4 is 10.2 Å². The minimum Gasteiger partial charge on any atom is -0.383 e. The van der Waals surface area contributed by atoms with E-state index in [0.29, 0.717) is 24.7 Å². The van der Waals surface area contributed by atoms with Crippen LogP contribution in [-0.4, -0.2) is 42.7 Å². The number of para-hydroxylation sites is 1. The number of fused-ring (bicyclic) bond motifs is 1. The van der Waals surface area contributed by atoms with Crippen LogP contribution in [0.15, 0.2) is 30.3 Å². The lowest BCUT2D eigenvalue weighted by atomic mass is 10.2. The summed E-state index contributed by atoms with van der Waals surface area (Å²) in [6, 6.07) is 10.0. The average molecular weight is 312 g/mol. The number of hydrogen-bond donors (Lipinski definition) is 1. The van der Waals surface area contributed by atoms with Crippen LogP contribution in [0.25, 0.3) is 0 Å². The molecule has 1 N–H and O–H groups in total. The zero-order chi connectivity index (χ0) is 16.2. The number of carbonyl (C=O) groups is 1. The molecule has 0 saturated carbocycles.